The number of aryl methyl sites for hydroxylation is 4. The molecule has 0 saturated carbocycles. The third kappa shape index (κ3) is 3.02. The van der Waals surface area contributed by atoms with Crippen molar-refractivity contribution in [3.8, 4) is 0 Å². The normalized spacial score (nSPS) is 15.1. The zero-order valence-corrected chi connectivity index (χ0v) is 13.7. The summed E-state index contributed by atoms with van der Waals surface area (Å²) >= 11 is 1.19. The first-order chi connectivity index (χ1) is 9.95. The van der Waals surface area contributed by atoms with Gasteiger partial charge >= 0.3 is 0 Å². The second-order valence-electron chi connectivity index (χ2n) is 5.25. The molecule has 0 spiro atoms. The standard InChI is InChI=1S/C13H18N4O2S2/c1-8-13(20-9(2)15-8)21(18,19)14-7-12-16-10-5-3-4-6-11(10)17-12/h14H,3-7H2,1-2H3,(H,16,17). The minimum absolute atomic E-state index is 0.186. The topological polar surface area (TPSA) is 87.7 Å². The molecule has 1 aliphatic rings. The number of H-pyrrole nitrogens is 1. The fourth-order valence-corrected chi connectivity index (χ4v) is 5.10. The van der Waals surface area contributed by atoms with E-state index in [4.69, 9.17) is 0 Å². The van der Waals surface area contributed by atoms with Crippen LogP contribution in [0.25, 0.3) is 0 Å². The molecule has 1 aliphatic carbocycles. The second kappa shape index (κ2) is 5.51. The molecule has 0 aliphatic heterocycles. The van der Waals surface area contributed by atoms with Crippen LogP contribution in [0.5, 0.6) is 0 Å². The van der Waals surface area contributed by atoms with Crippen molar-refractivity contribution in [2.24, 2.45) is 0 Å². The minimum Gasteiger partial charge on any atom is -0.345 e. The van der Waals surface area contributed by atoms with E-state index >= 15 is 0 Å². The van der Waals surface area contributed by atoms with Crippen LogP contribution in [0.1, 0.15) is 40.8 Å². The number of aromatic nitrogens is 3. The molecular weight excluding hydrogens is 308 g/mol. The average molecular weight is 326 g/mol. The van der Waals surface area contributed by atoms with E-state index in [-0.39, 0.29) is 10.8 Å². The van der Waals surface area contributed by atoms with Gasteiger partial charge in [0.2, 0.25) is 0 Å². The summed E-state index contributed by atoms with van der Waals surface area (Å²) in [6.07, 6.45) is 4.30. The Balaban J connectivity index is 1.75. The molecule has 114 valence electrons. The highest BCUT2D eigenvalue weighted by molar-refractivity contribution is 7.91. The fourth-order valence-electron chi connectivity index (χ4n) is 2.59. The molecule has 0 amide bonds. The summed E-state index contributed by atoms with van der Waals surface area (Å²) in [6, 6.07) is 0. The van der Waals surface area contributed by atoms with Crippen LogP contribution in [0.4, 0.5) is 0 Å². The fraction of sp³-hybridized carbons (Fsp3) is 0.538. The number of nitrogens with zero attached hydrogens (tertiary/aromatic N) is 2. The van der Waals surface area contributed by atoms with Crippen LogP contribution >= 0.6 is 11.3 Å². The largest absolute Gasteiger partial charge is 0.345 e. The van der Waals surface area contributed by atoms with Gasteiger partial charge in [0.15, 0.2) is 4.21 Å². The number of hydrogen-bond acceptors (Lipinski definition) is 5. The van der Waals surface area contributed by atoms with E-state index in [1.807, 2.05) is 0 Å². The van der Waals surface area contributed by atoms with Crippen LogP contribution in [-0.2, 0) is 29.4 Å². The summed E-state index contributed by atoms with van der Waals surface area (Å²) in [5.41, 5.74) is 2.78. The molecular formula is C13H18N4O2S2. The highest BCUT2D eigenvalue weighted by Crippen LogP contribution is 2.23. The van der Waals surface area contributed by atoms with E-state index in [1.165, 1.54) is 17.8 Å². The highest BCUT2D eigenvalue weighted by Gasteiger charge is 2.22. The van der Waals surface area contributed by atoms with Crippen molar-refractivity contribution < 1.29 is 8.42 Å². The van der Waals surface area contributed by atoms with Crippen molar-refractivity contribution in [1.29, 1.82) is 0 Å². The predicted octanol–water partition coefficient (Wildman–Crippen LogP) is 1.84. The van der Waals surface area contributed by atoms with Crippen molar-refractivity contribution in [1.82, 2.24) is 19.7 Å². The Morgan fingerprint density at radius 1 is 1.24 bits per heavy atom. The van der Waals surface area contributed by atoms with Gasteiger partial charge in [0.05, 0.1) is 22.9 Å². The van der Waals surface area contributed by atoms with E-state index in [2.05, 4.69) is 19.7 Å². The van der Waals surface area contributed by atoms with Gasteiger partial charge in [0.25, 0.3) is 10.0 Å². The molecule has 2 heterocycles. The SMILES string of the molecule is Cc1nc(C)c(S(=O)(=O)NCc2nc3c([nH]2)CCCC3)s1. The number of thiazole rings is 1. The van der Waals surface area contributed by atoms with E-state index < -0.39 is 10.0 Å². The number of nitrogens with one attached hydrogen (secondary N) is 2. The lowest BCUT2D eigenvalue weighted by Gasteiger charge is -2.07. The van der Waals surface area contributed by atoms with Gasteiger partial charge in [0, 0.05) is 5.69 Å². The monoisotopic (exact) mass is 326 g/mol. The van der Waals surface area contributed by atoms with Gasteiger partial charge < -0.3 is 4.98 Å². The zero-order valence-electron chi connectivity index (χ0n) is 12.1. The number of aromatic amines is 1. The smallest absolute Gasteiger partial charge is 0.252 e. The van der Waals surface area contributed by atoms with Gasteiger partial charge in [-0.1, -0.05) is 0 Å². The number of fused-ring (bicyclic) bond motifs is 1. The Bertz CT molecular complexity index is 738. The summed E-state index contributed by atoms with van der Waals surface area (Å²) in [4.78, 5) is 11.9. The van der Waals surface area contributed by atoms with Crippen molar-refractivity contribution in [2.45, 2.75) is 50.3 Å². The van der Waals surface area contributed by atoms with Crippen molar-refractivity contribution in [3.05, 3.63) is 27.9 Å². The lowest BCUT2D eigenvalue weighted by Crippen LogP contribution is -2.23. The van der Waals surface area contributed by atoms with Gasteiger partial charge in [-0.2, -0.15) is 0 Å². The van der Waals surface area contributed by atoms with Crippen molar-refractivity contribution >= 4 is 21.4 Å². The van der Waals surface area contributed by atoms with Crippen molar-refractivity contribution in [3.63, 3.8) is 0 Å². The van der Waals surface area contributed by atoms with Crippen LogP contribution in [-0.4, -0.2) is 23.4 Å². The summed E-state index contributed by atoms with van der Waals surface area (Å²) in [6.45, 7) is 3.70. The van der Waals surface area contributed by atoms with Crippen LogP contribution in [0, 0.1) is 13.8 Å². The molecule has 0 saturated heterocycles. The predicted molar refractivity (Wildman–Crippen MR) is 80.8 cm³/mol. The molecule has 6 nitrogen and oxygen atoms in total. The lowest BCUT2D eigenvalue weighted by atomic mass is 10.0. The van der Waals surface area contributed by atoms with Crippen LogP contribution in [0.2, 0.25) is 0 Å². The minimum atomic E-state index is -3.52. The van der Waals surface area contributed by atoms with E-state index in [9.17, 15) is 8.42 Å². The Morgan fingerprint density at radius 2 is 2.00 bits per heavy atom. The average Bonchev–Trinajstić information content (AvgIpc) is 2.99. The zero-order chi connectivity index (χ0) is 15.0. The quantitative estimate of drug-likeness (QED) is 0.897. The lowest BCUT2D eigenvalue weighted by molar-refractivity contribution is 0.581. The first kappa shape index (κ1) is 14.7. The van der Waals surface area contributed by atoms with Gasteiger partial charge in [-0.3, -0.25) is 0 Å². The summed E-state index contributed by atoms with van der Waals surface area (Å²) in [5.74, 6) is 0.685. The van der Waals surface area contributed by atoms with Crippen LogP contribution in [0.3, 0.4) is 0 Å². The first-order valence-corrected chi connectivity index (χ1v) is 9.26. The first-order valence-electron chi connectivity index (χ1n) is 6.96. The molecule has 0 aromatic carbocycles. The number of imidazole rings is 1. The van der Waals surface area contributed by atoms with Crippen LogP contribution < -0.4 is 4.72 Å². The number of hydrogen-bond donors (Lipinski definition) is 2. The Labute approximate surface area is 128 Å². The Morgan fingerprint density at radius 3 is 2.67 bits per heavy atom. The summed E-state index contributed by atoms with van der Waals surface area (Å²) in [7, 11) is -3.52. The second-order valence-corrected chi connectivity index (χ2v) is 8.41. The molecule has 2 N–H and O–H groups in total. The maximum atomic E-state index is 12.3. The number of sulfonamides is 1. The van der Waals surface area contributed by atoms with E-state index in [1.54, 1.807) is 13.8 Å². The molecule has 0 unspecified atom stereocenters. The third-order valence-electron chi connectivity index (χ3n) is 3.54. The Hall–Kier alpha value is -1.25. The van der Waals surface area contributed by atoms with Gasteiger partial charge in [0.1, 0.15) is 5.82 Å². The molecule has 2 aromatic heterocycles. The molecule has 8 heteroatoms. The molecule has 3 rings (SSSR count). The van der Waals surface area contributed by atoms with E-state index in [0.29, 0.717) is 11.5 Å². The molecule has 0 atom stereocenters. The van der Waals surface area contributed by atoms with Gasteiger partial charge in [-0.25, -0.2) is 23.1 Å². The van der Waals surface area contributed by atoms with Gasteiger partial charge in [-0.15, -0.1) is 11.3 Å². The summed E-state index contributed by atoms with van der Waals surface area (Å²) in [5, 5.41) is 0.751. The van der Waals surface area contributed by atoms with Crippen LogP contribution in [0.15, 0.2) is 4.21 Å². The number of rotatable bonds is 4. The van der Waals surface area contributed by atoms with E-state index in [0.717, 1.165) is 35.7 Å². The van der Waals surface area contributed by atoms with Crippen molar-refractivity contribution in [2.75, 3.05) is 0 Å². The molecule has 21 heavy (non-hydrogen) atoms. The third-order valence-corrected chi connectivity index (χ3v) is 6.62. The molecule has 0 bridgehead atoms. The molecule has 2 aromatic rings. The summed E-state index contributed by atoms with van der Waals surface area (Å²) < 4.78 is 27.5. The Kier molecular flexibility index (Phi) is 3.85. The molecule has 0 radical (unpaired) electrons. The maximum Gasteiger partial charge on any atom is 0.252 e. The highest BCUT2D eigenvalue weighted by atomic mass is 32.2. The molecule has 0 fully saturated rings. The maximum absolute atomic E-state index is 12.3. The van der Waals surface area contributed by atoms with Gasteiger partial charge in [-0.05, 0) is 39.5 Å².